The van der Waals surface area contributed by atoms with Gasteiger partial charge < -0.3 is 4.74 Å². The minimum atomic E-state index is -0.544. The fourth-order valence-electron chi connectivity index (χ4n) is 3.54. The van der Waals surface area contributed by atoms with Crippen molar-refractivity contribution in [3.05, 3.63) is 82.9 Å². The van der Waals surface area contributed by atoms with Gasteiger partial charge in [-0.3, -0.25) is 4.79 Å². The van der Waals surface area contributed by atoms with E-state index in [2.05, 4.69) is 28.3 Å². The second kappa shape index (κ2) is 6.16. The number of hydrogen-bond donors (Lipinski definition) is 0. The van der Waals surface area contributed by atoms with Crippen LogP contribution in [0.25, 0.3) is 0 Å². The van der Waals surface area contributed by atoms with Crippen molar-refractivity contribution in [2.24, 2.45) is 0 Å². The van der Waals surface area contributed by atoms with Gasteiger partial charge in [0.1, 0.15) is 23.6 Å². The molecule has 25 heavy (non-hydrogen) atoms. The Morgan fingerprint density at radius 1 is 1.08 bits per heavy atom. The van der Waals surface area contributed by atoms with Crippen molar-refractivity contribution >= 4 is 5.97 Å². The maximum Gasteiger partial charge on any atom is 0.321 e. The quantitative estimate of drug-likeness (QED) is 0.691. The summed E-state index contributed by atoms with van der Waals surface area (Å²) in [6.45, 7) is 4.00. The molecule has 1 aliphatic heterocycles. The first-order chi connectivity index (χ1) is 12.2. The molecular formula is C20H19N3O2. The van der Waals surface area contributed by atoms with E-state index in [1.807, 2.05) is 54.9 Å². The van der Waals surface area contributed by atoms with Crippen LogP contribution in [-0.4, -0.2) is 27.3 Å². The van der Waals surface area contributed by atoms with Crippen molar-refractivity contribution in [1.29, 1.82) is 0 Å². The van der Waals surface area contributed by atoms with Gasteiger partial charge in [-0.15, -0.1) is 0 Å². The van der Waals surface area contributed by atoms with Crippen molar-refractivity contribution in [2.75, 3.05) is 6.61 Å². The lowest BCUT2D eigenvalue weighted by Gasteiger charge is -2.31. The summed E-state index contributed by atoms with van der Waals surface area (Å²) in [6.07, 6.45) is 0. The highest BCUT2D eigenvalue weighted by Gasteiger charge is 2.39. The summed E-state index contributed by atoms with van der Waals surface area (Å²) >= 11 is 0. The normalized spacial score (nSPS) is 18.3. The Bertz CT molecular complexity index is 918. The maximum atomic E-state index is 12.7. The zero-order valence-electron chi connectivity index (χ0n) is 14.2. The van der Waals surface area contributed by atoms with E-state index in [4.69, 9.17) is 4.74 Å². The van der Waals surface area contributed by atoms with Crippen LogP contribution in [0.2, 0.25) is 0 Å². The largest absolute Gasteiger partial charge is 0.465 e. The molecule has 3 aromatic rings. The molecule has 1 aromatic heterocycles. The van der Waals surface area contributed by atoms with Crippen LogP contribution in [0.3, 0.4) is 0 Å². The van der Waals surface area contributed by atoms with Gasteiger partial charge in [-0.1, -0.05) is 54.6 Å². The van der Waals surface area contributed by atoms with Crippen molar-refractivity contribution < 1.29 is 9.53 Å². The lowest BCUT2D eigenvalue weighted by atomic mass is 9.84. The van der Waals surface area contributed by atoms with E-state index >= 15 is 0 Å². The predicted octanol–water partition coefficient (Wildman–Crippen LogP) is 3.23. The summed E-state index contributed by atoms with van der Waals surface area (Å²) in [4.78, 5) is 17.2. The fourth-order valence-corrected chi connectivity index (χ4v) is 3.54. The zero-order valence-corrected chi connectivity index (χ0v) is 14.2. The standard InChI is InChI=1S/C20H19N3O2/c1-3-25-20(24)17-15-11-7-8-12-16(15)18(14-9-5-4-6-10-14)23-19(17)21-13(2)22-23/h4-12,17-18H,3H2,1-2H3/t17-,18+/m0/s1. The number of ether oxygens (including phenoxy) is 1. The first kappa shape index (κ1) is 15.6. The molecule has 0 N–H and O–H groups in total. The van der Waals surface area contributed by atoms with Gasteiger partial charge >= 0.3 is 5.97 Å². The van der Waals surface area contributed by atoms with E-state index in [-0.39, 0.29) is 12.0 Å². The molecule has 0 aliphatic carbocycles. The molecule has 0 radical (unpaired) electrons. The van der Waals surface area contributed by atoms with Crippen LogP contribution in [0.5, 0.6) is 0 Å². The van der Waals surface area contributed by atoms with E-state index < -0.39 is 5.92 Å². The van der Waals surface area contributed by atoms with Gasteiger partial charge in [0.05, 0.1) is 6.61 Å². The molecular weight excluding hydrogens is 314 g/mol. The molecule has 0 spiro atoms. The Morgan fingerprint density at radius 3 is 2.48 bits per heavy atom. The Balaban J connectivity index is 1.96. The third-order valence-electron chi connectivity index (χ3n) is 4.51. The summed E-state index contributed by atoms with van der Waals surface area (Å²) in [7, 11) is 0. The number of hydrogen-bond acceptors (Lipinski definition) is 4. The molecule has 1 aliphatic rings. The fraction of sp³-hybridized carbons (Fsp3) is 0.250. The number of fused-ring (bicyclic) bond motifs is 2. The van der Waals surface area contributed by atoms with E-state index in [1.54, 1.807) is 0 Å². The molecule has 5 nitrogen and oxygen atoms in total. The van der Waals surface area contributed by atoms with Crippen LogP contribution in [-0.2, 0) is 9.53 Å². The van der Waals surface area contributed by atoms with Crippen LogP contribution in [0, 0.1) is 6.92 Å². The van der Waals surface area contributed by atoms with Crippen LogP contribution >= 0.6 is 0 Å². The molecule has 0 saturated heterocycles. The number of carbonyl (C=O) groups excluding carboxylic acids is 1. The van der Waals surface area contributed by atoms with Crippen molar-refractivity contribution in [3.8, 4) is 0 Å². The van der Waals surface area contributed by atoms with Crippen molar-refractivity contribution in [2.45, 2.75) is 25.8 Å². The molecule has 0 unspecified atom stereocenters. The Morgan fingerprint density at radius 2 is 1.76 bits per heavy atom. The number of benzene rings is 2. The van der Waals surface area contributed by atoms with E-state index in [1.165, 1.54) is 0 Å². The topological polar surface area (TPSA) is 57.0 Å². The number of rotatable bonds is 3. The zero-order chi connectivity index (χ0) is 17.4. The summed E-state index contributed by atoms with van der Waals surface area (Å²) in [5.74, 6) is 0.467. The van der Waals surface area contributed by atoms with Gasteiger partial charge in [-0.05, 0) is 30.5 Å². The average Bonchev–Trinajstić information content (AvgIpc) is 3.00. The Labute approximate surface area is 146 Å². The second-order valence-electron chi connectivity index (χ2n) is 6.09. The highest BCUT2D eigenvalue weighted by molar-refractivity contribution is 5.82. The first-order valence-corrected chi connectivity index (χ1v) is 8.44. The summed E-state index contributed by atoms with van der Waals surface area (Å²) in [5.41, 5.74) is 3.11. The smallest absolute Gasteiger partial charge is 0.321 e. The minimum Gasteiger partial charge on any atom is -0.465 e. The number of nitrogens with zero attached hydrogens (tertiary/aromatic N) is 3. The summed E-state index contributed by atoms with van der Waals surface area (Å²) in [5, 5.41) is 4.60. The number of carbonyl (C=O) groups is 1. The molecule has 0 amide bonds. The van der Waals surface area contributed by atoms with Gasteiger partial charge in [0, 0.05) is 0 Å². The highest BCUT2D eigenvalue weighted by Crippen LogP contribution is 2.41. The van der Waals surface area contributed by atoms with E-state index in [9.17, 15) is 4.79 Å². The van der Waals surface area contributed by atoms with Crippen molar-refractivity contribution in [3.63, 3.8) is 0 Å². The van der Waals surface area contributed by atoms with Crippen molar-refractivity contribution in [1.82, 2.24) is 14.8 Å². The molecule has 126 valence electrons. The van der Waals surface area contributed by atoms with Crippen LogP contribution in [0.4, 0.5) is 0 Å². The molecule has 4 rings (SSSR count). The lowest BCUT2D eigenvalue weighted by molar-refractivity contribution is -0.144. The van der Waals surface area contributed by atoms with Crippen LogP contribution in [0.1, 0.15) is 47.2 Å². The summed E-state index contributed by atoms with van der Waals surface area (Å²) in [6, 6.07) is 18.1. The van der Waals surface area contributed by atoms with Crippen LogP contribution in [0.15, 0.2) is 54.6 Å². The van der Waals surface area contributed by atoms with Gasteiger partial charge in [-0.25, -0.2) is 9.67 Å². The third-order valence-corrected chi connectivity index (χ3v) is 4.51. The molecule has 2 atom stereocenters. The molecule has 2 heterocycles. The molecule has 0 bridgehead atoms. The van der Waals surface area contributed by atoms with Gasteiger partial charge in [-0.2, -0.15) is 5.10 Å². The monoisotopic (exact) mass is 333 g/mol. The lowest BCUT2D eigenvalue weighted by Crippen LogP contribution is -2.31. The third kappa shape index (κ3) is 2.52. The maximum absolute atomic E-state index is 12.7. The van der Waals surface area contributed by atoms with Gasteiger partial charge in [0.25, 0.3) is 0 Å². The second-order valence-corrected chi connectivity index (χ2v) is 6.09. The molecule has 0 fully saturated rings. The minimum absolute atomic E-state index is 0.0979. The van der Waals surface area contributed by atoms with E-state index in [0.29, 0.717) is 18.3 Å². The SMILES string of the molecule is CCOC(=O)[C@H]1c2ccccc2[C@@H](c2ccccc2)n2nc(C)nc21. The van der Waals surface area contributed by atoms with Gasteiger partial charge in [0.15, 0.2) is 0 Å². The highest BCUT2D eigenvalue weighted by atomic mass is 16.5. The Hall–Kier alpha value is -2.95. The number of aryl methyl sites for hydroxylation is 1. The predicted molar refractivity (Wildman–Crippen MR) is 93.4 cm³/mol. The first-order valence-electron chi connectivity index (χ1n) is 8.44. The summed E-state index contributed by atoms with van der Waals surface area (Å²) < 4.78 is 7.19. The Kier molecular flexibility index (Phi) is 3.84. The molecule has 2 aromatic carbocycles. The number of esters is 1. The molecule has 0 saturated carbocycles. The van der Waals surface area contributed by atoms with Gasteiger partial charge in [0.2, 0.25) is 0 Å². The molecule has 5 heteroatoms. The van der Waals surface area contributed by atoms with E-state index in [0.717, 1.165) is 16.7 Å². The number of aromatic nitrogens is 3. The van der Waals surface area contributed by atoms with Crippen LogP contribution < -0.4 is 0 Å². The average molecular weight is 333 g/mol.